The van der Waals surface area contributed by atoms with Crippen molar-refractivity contribution in [2.75, 3.05) is 12.3 Å². The Morgan fingerprint density at radius 3 is 2.70 bits per heavy atom. The summed E-state index contributed by atoms with van der Waals surface area (Å²) in [5.74, 6) is 2.73. The number of aryl methyl sites for hydroxylation is 1. The zero-order valence-electron chi connectivity index (χ0n) is 11.0. The molecule has 1 amide bonds. The molecule has 1 aromatic carbocycles. The summed E-state index contributed by atoms with van der Waals surface area (Å²) in [6.45, 7) is 2.67. The summed E-state index contributed by atoms with van der Waals surface area (Å²) in [4.78, 5) is 14.5. The van der Waals surface area contributed by atoms with E-state index in [-0.39, 0.29) is 11.3 Å². The zero-order valence-corrected chi connectivity index (χ0v) is 13.4. The average Bonchev–Trinajstić information content (AvgIpc) is 3.07. The molecule has 1 unspecified atom stereocenters. The second-order valence-electron chi connectivity index (χ2n) is 4.68. The largest absolute Gasteiger partial charge is 0.463 e. The van der Waals surface area contributed by atoms with Gasteiger partial charge in [-0.3, -0.25) is 4.79 Å². The third kappa shape index (κ3) is 2.65. The fourth-order valence-corrected chi connectivity index (χ4v) is 3.72. The lowest BCUT2D eigenvalue weighted by Crippen LogP contribution is -2.30. The molecule has 1 fully saturated rings. The lowest BCUT2D eigenvalue weighted by molar-refractivity contribution is 0.0749. The van der Waals surface area contributed by atoms with Gasteiger partial charge in [0.05, 0.1) is 0 Å². The predicted octanol–water partition coefficient (Wildman–Crippen LogP) is 4.24. The molecule has 2 aromatic rings. The molecule has 0 spiro atoms. The number of hydrogen-bond donors (Lipinski definition) is 0. The Hall–Kier alpha value is -1.20. The fourth-order valence-electron chi connectivity index (χ4n) is 2.26. The van der Waals surface area contributed by atoms with Crippen LogP contribution in [0.3, 0.4) is 0 Å². The predicted molar refractivity (Wildman–Crippen MR) is 83.8 cm³/mol. The lowest BCUT2D eigenvalue weighted by Gasteiger charge is -2.22. The first kappa shape index (κ1) is 13.8. The van der Waals surface area contributed by atoms with Crippen molar-refractivity contribution in [2.45, 2.75) is 12.3 Å². The van der Waals surface area contributed by atoms with E-state index in [2.05, 4.69) is 15.9 Å². The maximum Gasteiger partial charge on any atom is 0.255 e. The highest BCUT2D eigenvalue weighted by molar-refractivity contribution is 9.10. The molecule has 0 radical (unpaired) electrons. The highest BCUT2D eigenvalue weighted by Crippen LogP contribution is 2.39. The van der Waals surface area contributed by atoms with Crippen molar-refractivity contribution in [1.82, 2.24) is 4.90 Å². The smallest absolute Gasteiger partial charge is 0.255 e. The van der Waals surface area contributed by atoms with Crippen LogP contribution in [0.15, 0.2) is 45.3 Å². The summed E-state index contributed by atoms with van der Waals surface area (Å²) >= 11 is 5.13. The Balaban J connectivity index is 1.85. The van der Waals surface area contributed by atoms with Gasteiger partial charge in [-0.2, -0.15) is 0 Å². The van der Waals surface area contributed by atoms with Gasteiger partial charge in [-0.05, 0) is 43.3 Å². The first-order valence-corrected chi connectivity index (χ1v) is 8.24. The van der Waals surface area contributed by atoms with Gasteiger partial charge in [0.2, 0.25) is 0 Å². The maximum atomic E-state index is 12.6. The van der Waals surface area contributed by atoms with E-state index >= 15 is 0 Å². The van der Waals surface area contributed by atoms with Crippen LogP contribution in [-0.2, 0) is 0 Å². The zero-order chi connectivity index (χ0) is 14.1. The number of carbonyl (C=O) groups is 1. The van der Waals surface area contributed by atoms with Crippen LogP contribution >= 0.6 is 27.7 Å². The molecule has 2 heterocycles. The molecule has 0 bridgehead atoms. The van der Waals surface area contributed by atoms with Gasteiger partial charge < -0.3 is 9.32 Å². The molecule has 3 nitrogen and oxygen atoms in total. The van der Waals surface area contributed by atoms with Gasteiger partial charge in [0.15, 0.2) is 0 Å². The summed E-state index contributed by atoms with van der Waals surface area (Å²) in [7, 11) is 0. The number of nitrogens with zero attached hydrogens (tertiary/aromatic N) is 1. The standard InChI is InChI=1S/C15H14BrNO2S/c1-10-2-7-13(19-10)15-17(8-9-20-15)14(18)11-3-5-12(16)6-4-11/h2-7,15H,8-9H2,1H3. The minimum atomic E-state index is -0.0140. The molecule has 20 heavy (non-hydrogen) atoms. The number of benzene rings is 1. The van der Waals surface area contributed by atoms with Gasteiger partial charge >= 0.3 is 0 Å². The van der Waals surface area contributed by atoms with Crippen LogP contribution in [0, 0.1) is 6.92 Å². The van der Waals surface area contributed by atoms with Gasteiger partial charge in [0.25, 0.3) is 5.91 Å². The number of furan rings is 1. The molecule has 0 N–H and O–H groups in total. The number of hydrogen-bond acceptors (Lipinski definition) is 3. The highest BCUT2D eigenvalue weighted by atomic mass is 79.9. The van der Waals surface area contributed by atoms with Crippen LogP contribution in [0.5, 0.6) is 0 Å². The monoisotopic (exact) mass is 351 g/mol. The topological polar surface area (TPSA) is 33.5 Å². The van der Waals surface area contributed by atoms with Crippen molar-refractivity contribution in [3.63, 3.8) is 0 Å². The SMILES string of the molecule is Cc1ccc(C2SCCN2C(=O)c2ccc(Br)cc2)o1. The molecular weight excluding hydrogens is 338 g/mol. The quantitative estimate of drug-likeness (QED) is 0.811. The molecule has 1 saturated heterocycles. The summed E-state index contributed by atoms with van der Waals surface area (Å²) in [5, 5.41) is -0.0140. The van der Waals surface area contributed by atoms with E-state index in [0.29, 0.717) is 5.56 Å². The maximum absolute atomic E-state index is 12.6. The second kappa shape index (κ2) is 5.66. The van der Waals surface area contributed by atoms with Crippen LogP contribution in [0.2, 0.25) is 0 Å². The summed E-state index contributed by atoms with van der Waals surface area (Å²) in [6.07, 6.45) is 0. The Labute approximate surface area is 130 Å². The molecular formula is C15H14BrNO2S. The minimum absolute atomic E-state index is 0.0140. The molecule has 3 rings (SSSR count). The first-order chi connectivity index (χ1) is 9.65. The van der Waals surface area contributed by atoms with E-state index in [1.807, 2.05) is 48.2 Å². The van der Waals surface area contributed by atoms with Crippen LogP contribution in [-0.4, -0.2) is 23.1 Å². The Morgan fingerprint density at radius 1 is 1.30 bits per heavy atom. The fraction of sp³-hybridized carbons (Fsp3) is 0.267. The molecule has 0 saturated carbocycles. The normalized spacial score (nSPS) is 18.5. The number of thioether (sulfide) groups is 1. The first-order valence-electron chi connectivity index (χ1n) is 6.39. The second-order valence-corrected chi connectivity index (χ2v) is 6.78. The third-order valence-electron chi connectivity index (χ3n) is 3.25. The summed E-state index contributed by atoms with van der Waals surface area (Å²) in [5.41, 5.74) is 0.712. The van der Waals surface area contributed by atoms with Gasteiger partial charge in [-0.15, -0.1) is 11.8 Å². The van der Waals surface area contributed by atoms with E-state index < -0.39 is 0 Å². The van der Waals surface area contributed by atoms with Crippen molar-refractivity contribution < 1.29 is 9.21 Å². The number of amides is 1. The van der Waals surface area contributed by atoms with Gasteiger partial charge in [-0.25, -0.2) is 0 Å². The molecule has 1 aliphatic rings. The molecule has 1 atom stereocenters. The lowest BCUT2D eigenvalue weighted by atomic mass is 10.2. The highest BCUT2D eigenvalue weighted by Gasteiger charge is 2.33. The van der Waals surface area contributed by atoms with Crippen LogP contribution < -0.4 is 0 Å². The van der Waals surface area contributed by atoms with Crippen molar-refractivity contribution in [3.05, 3.63) is 58.0 Å². The van der Waals surface area contributed by atoms with Gasteiger partial charge in [0.1, 0.15) is 16.9 Å². The van der Waals surface area contributed by atoms with Crippen molar-refractivity contribution in [2.24, 2.45) is 0 Å². The summed E-state index contributed by atoms with van der Waals surface area (Å²) in [6, 6.07) is 11.4. The van der Waals surface area contributed by atoms with E-state index in [1.54, 1.807) is 11.8 Å². The van der Waals surface area contributed by atoms with E-state index in [0.717, 1.165) is 28.3 Å². The molecule has 0 aliphatic carbocycles. The Bertz CT molecular complexity index is 623. The van der Waals surface area contributed by atoms with E-state index in [4.69, 9.17) is 4.42 Å². The molecule has 1 aromatic heterocycles. The number of halogens is 1. The van der Waals surface area contributed by atoms with E-state index in [1.165, 1.54) is 0 Å². The molecule has 104 valence electrons. The van der Waals surface area contributed by atoms with Crippen LogP contribution in [0.1, 0.15) is 27.3 Å². The van der Waals surface area contributed by atoms with Gasteiger partial charge in [0, 0.05) is 22.3 Å². The van der Waals surface area contributed by atoms with Gasteiger partial charge in [-0.1, -0.05) is 15.9 Å². The van der Waals surface area contributed by atoms with Crippen LogP contribution in [0.4, 0.5) is 0 Å². The van der Waals surface area contributed by atoms with Crippen LogP contribution in [0.25, 0.3) is 0 Å². The average molecular weight is 352 g/mol. The Morgan fingerprint density at radius 2 is 2.05 bits per heavy atom. The van der Waals surface area contributed by atoms with Crippen molar-refractivity contribution in [1.29, 1.82) is 0 Å². The molecule has 1 aliphatic heterocycles. The minimum Gasteiger partial charge on any atom is -0.463 e. The van der Waals surface area contributed by atoms with Crippen molar-refractivity contribution >= 4 is 33.6 Å². The third-order valence-corrected chi connectivity index (χ3v) is 5.00. The Kier molecular flexibility index (Phi) is 3.89. The number of carbonyl (C=O) groups excluding carboxylic acids is 1. The summed E-state index contributed by atoms with van der Waals surface area (Å²) < 4.78 is 6.66. The molecule has 5 heteroatoms. The number of rotatable bonds is 2. The van der Waals surface area contributed by atoms with Crippen molar-refractivity contribution in [3.8, 4) is 0 Å². The van der Waals surface area contributed by atoms with E-state index in [9.17, 15) is 4.79 Å².